The van der Waals surface area contributed by atoms with Crippen molar-refractivity contribution in [2.45, 2.75) is 26.2 Å². The summed E-state index contributed by atoms with van der Waals surface area (Å²) in [7, 11) is 0. The van der Waals surface area contributed by atoms with Crippen molar-refractivity contribution in [1.82, 2.24) is 4.98 Å². The summed E-state index contributed by atoms with van der Waals surface area (Å²) >= 11 is 1.46. The first kappa shape index (κ1) is 12.0. The van der Waals surface area contributed by atoms with Gasteiger partial charge >= 0.3 is 0 Å². The lowest BCUT2D eigenvalue weighted by molar-refractivity contribution is 0.112. The first-order chi connectivity index (χ1) is 8.19. The van der Waals surface area contributed by atoms with Crippen LogP contribution in [-0.2, 0) is 6.42 Å². The Labute approximate surface area is 105 Å². The van der Waals surface area contributed by atoms with Gasteiger partial charge in [0, 0.05) is 12.6 Å². The highest BCUT2D eigenvalue weighted by Crippen LogP contribution is 2.18. The molecule has 0 radical (unpaired) electrons. The number of hydrogen-bond donors (Lipinski definition) is 0. The van der Waals surface area contributed by atoms with E-state index in [4.69, 9.17) is 0 Å². The van der Waals surface area contributed by atoms with Crippen LogP contribution in [0.5, 0.6) is 0 Å². The predicted molar refractivity (Wildman–Crippen MR) is 70.8 cm³/mol. The molecule has 0 atom stereocenters. The van der Waals surface area contributed by atoms with E-state index in [2.05, 4.69) is 43.1 Å². The minimum absolute atomic E-state index is 0.561. The lowest BCUT2D eigenvalue weighted by atomic mass is 10.0. The van der Waals surface area contributed by atoms with Crippen molar-refractivity contribution in [2.24, 2.45) is 0 Å². The fraction of sp³-hybridized carbons (Fsp3) is 0.286. The minimum Gasteiger partial charge on any atom is -0.297 e. The molecule has 0 aliphatic carbocycles. The number of carbonyl (C=O) groups is 1. The molecule has 2 rings (SSSR count). The van der Waals surface area contributed by atoms with E-state index < -0.39 is 0 Å². The second kappa shape index (κ2) is 5.23. The fourth-order valence-corrected chi connectivity index (χ4v) is 2.43. The van der Waals surface area contributed by atoms with Gasteiger partial charge in [0.1, 0.15) is 0 Å². The summed E-state index contributed by atoms with van der Waals surface area (Å²) in [5, 5.41) is 0.990. The van der Waals surface area contributed by atoms with Gasteiger partial charge in [0.15, 0.2) is 6.29 Å². The van der Waals surface area contributed by atoms with E-state index in [1.807, 2.05) is 0 Å². The number of aromatic nitrogens is 1. The Morgan fingerprint density at radius 1 is 1.29 bits per heavy atom. The Morgan fingerprint density at radius 3 is 2.53 bits per heavy atom. The summed E-state index contributed by atoms with van der Waals surface area (Å²) in [5.41, 5.74) is 2.59. The molecule has 2 nitrogen and oxygen atoms in total. The van der Waals surface area contributed by atoms with Crippen LogP contribution in [0.1, 0.15) is 45.6 Å². The van der Waals surface area contributed by atoms with Gasteiger partial charge in [-0.1, -0.05) is 38.1 Å². The highest BCUT2D eigenvalue weighted by molar-refractivity contribution is 7.13. The number of nitrogens with zero attached hydrogens (tertiary/aromatic N) is 1. The topological polar surface area (TPSA) is 30.0 Å². The van der Waals surface area contributed by atoms with Crippen molar-refractivity contribution in [3.63, 3.8) is 0 Å². The molecular weight excluding hydrogens is 230 g/mol. The lowest BCUT2D eigenvalue weighted by Gasteiger charge is -2.05. The second-order valence-corrected chi connectivity index (χ2v) is 5.49. The monoisotopic (exact) mass is 245 g/mol. The van der Waals surface area contributed by atoms with Crippen molar-refractivity contribution in [2.75, 3.05) is 0 Å². The van der Waals surface area contributed by atoms with Gasteiger partial charge < -0.3 is 0 Å². The standard InChI is InChI=1S/C14H15NOS/c1-10(2)12-5-3-11(4-6-12)7-14-15-8-13(9-16)17-14/h3-6,8-10H,7H2,1-2H3. The van der Waals surface area contributed by atoms with Gasteiger partial charge in [-0.05, 0) is 17.0 Å². The minimum atomic E-state index is 0.561. The molecule has 1 aromatic heterocycles. The third kappa shape index (κ3) is 3.01. The van der Waals surface area contributed by atoms with Crippen LogP contribution in [0.15, 0.2) is 30.5 Å². The lowest BCUT2D eigenvalue weighted by Crippen LogP contribution is -1.90. The normalized spacial score (nSPS) is 10.8. The van der Waals surface area contributed by atoms with Gasteiger partial charge in [-0.25, -0.2) is 4.98 Å². The van der Waals surface area contributed by atoms with E-state index >= 15 is 0 Å². The number of carbonyl (C=O) groups excluding carboxylic acids is 1. The Kier molecular flexibility index (Phi) is 3.69. The van der Waals surface area contributed by atoms with E-state index in [1.54, 1.807) is 6.20 Å². The van der Waals surface area contributed by atoms with Crippen LogP contribution < -0.4 is 0 Å². The van der Waals surface area contributed by atoms with Crippen molar-refractivity contribution < 1.29 is 4.79 Å². The predicted octanol–water partition coefficient (Wildman–Crippen LogP) is 3.67. The molecule has 2 aromatic rings. The van der Waals surface area contributed by atoms with Crippen LogP contribution >= 0.6 is 11.3 Å². The summed E-state index contributed by atoms with van der Waals surface area (Å²) < 4.78 is 0. The molecule has 0 aliphatic heterocycles. The van der Waals surface area contributed by atoms with Crippen molar-refractivity contribution >= 4 is 17.6 Å². The molecule has 0 fully saturated rings. The van der Waals surface area contributed by atoms with E-state index in [9.17, 15) is 4.79 Å². The third-order valence-corrected chi connectivity index (χ3v) is 3.61. The van der Waals surface area contributed by atoms with Crippen LogP contribution in [0.3, 0.4) is 0 Å². The molecule has 0 saturated heterocycles. The first-order valence-electron chi connectivity index (χ1n) is 5.67. The maximum Gasteiger partial charge on any atom is 0.161 e. The smallest absolute Gasteiger partial charge is 0.161 e. The van der Waals surface area contributed by atoms with Gasteiger partial charge in [-0.2, -0.15) is 0 Å². The zero-order chi connectivity index (χ0) is 12.3. The van der Waals surface area contributed by atoms with Gasteiger partial charge in [0.2, 0.25) is 0 Å². The Balaban J connectivity index is 2.10. The maximum atomic E-state index is 10.6. The average Bonchev–Trinajstić information content (AvgIpc) is 2.77. The summed E-state index contributed by atoms with van der Waals surface area (Å²) in [5.74, 6) is 0.561. The van der Waals surface area contributed by atoms with Gasteiger partial charge in [-0.15, -0.1) is 11.3 Å². The molecule has 1 heterocycles. The molecule has 88 valence electrons. The van der Waals surface area contributed by atoms with Crippen molar-refractivity contribution in [3.05, 3.63) is 51.5 Å². The molecule has 0 spiro atoms. The second-order valence-electron chi connectivity index (χ2n) is 4.35. The molecule has 17 heavy (non-hydrogen) atoms. The molecule has 0 saturated carbocycles. The largest absolute Gasteiger partial charge is 0.297 e. The van der Waals surface area contributed by atoms with Crippen molar-refractivity contribution in [1.29, 1.82) is 0 Å². The number of hydrogen-bond acceptors (Lipinski definition) is 3. The van der Waals surface area contributed by atoms with Crippen LogP contribution in [0.25, 0.3) is 0 Å². The maximum absolute atomic E-state index is 10.6. The van der Waals surface area contributed by atoms with E-state index in [-0.39, 0.29) is 0 Å². The zero-order valence-corrected chi connectivity index (χ0v) is 10.8. The van der Waals surface area contributed by atoms with Gasteiger partial charge in [0.25, 0.3) is 0 Å². The fourth-order valence-electron chi connectivity index (χ4n) is 1.66. The molecule has 0 amide bonds. The number of thiazole rings is 1. The van der Waals surface area contributed by atoms with Crippen LogP contribution in [-0.4, -0.2) is 11.3 Å². The Morgan fingerprint density at radius 2 is 2.00 bits per heavy atom. The van der Waals surface area contributed by atoms with E-state index in [0.29, 0.717) is 10.8 Å². The molecule has 0 unspecified atom stereocenters. The van der Waals surface area contributed by atoms with Gasteiger partial charge in [0.05, 0.1) is 9.88 Å². The SMILES string of the molecule is CC(C)c1ccc(Cc2ncc(C=O)s2)cc1. The summed E-state index contributed by atoms with van der Waals surface area (Å²) in [6.07, 6.45) is 3.29. The molecule has 0 aliphatic rings. The molecule has 1 aromatic carbocycles. The summed E-state index contributed by atoms with van der Waals surface area (Å²) in [6.45, 7) is 4.37. The van der Waals surface area contributed by atoms with Gasteiger partial charge in [-0.3, -0.25) is 4.79 Å². The first-order valence-corrected chi connectivity index (χ1v) is 6.49. The Bertz CT molecular complexity index is 499. The number of aldehydes is 1. The number of rotatable bonds is 4. The van der Waals surface area contributed by atoms with E-state index in [1.165, 1.54) is 22.5 Å². The highest BCUT2D eigenvalue weighted by Gasteiger charge is 2.03. The average molecular weight is 245 g/mol. The van der Waals surface area contributed by atoms with Crippen molar-refractivity contribution in [3.8, 4) is 0 Å². The molecule has 3 heteroatoms. The molecule has 0 N–H and O–H groups in total. The van der Waals surface area contributed by atoms with Crippen LogP contribution in [0.2, 0.25) is 0 Å². The third-order valence-electron chi connectivity index (χ3n) is 2.69. The van der Waals surface area contributed by atoms with Crippen LogP contribution in [0.4, 0.5) is 0 Å². The Hall–Kier alpha value is -1.48. The number of benzene rings is 1. The van der Waals surface area contributed by atoms with Crippen LogP contribution in [0, 0.1) is 0 Å². The highest BCUT2D eigenvalue weighted by atomic mass is 32.1. The summed E-state index contributed by atoms with van der Waals surface area (Å²) in [6, 6.07) is 8.59. The molecular formula is C14H15NOS. The van der Waals surface area contributed by atoms with E-state index in [0.717, 1.165) is 17.7 Å². The zero-order valence-electron chi connectivity index (χ0n) is 10.0. The molecule has 0 bridgehead atoms. The quantitative estimate of drug-likeness (QED) is 0.769. The summed E-state index contributed by atoms with van der Waals surface area (Å²) in [4.78, 5) is 15.5.